The molecule has 3 N–H and O–H groups in total. The van der Waals surface area contributed by atoms with Crippen molar-refractivity contribution in [2.45, 2.75) is 12.1 Å². The molecule has 2 aliphatic rings. The van der Waals surface area contributed by atoms with Crippen molar-refractivity contribution in [2.24, 2.45) is 0 Å². The number of hydrogen-bond donors (Lipinski definition) is 3. The van der Waals surface area contributed by atoms with Gasteiger partial charge in [0, 0.05) is 0 Å². The summed E-state index contributed by atoms with van der Waals surface area (Å²) in [4.78, 5) is 33.5. The number of hydrogen-bond acceptors (Lipinski definition) is 3. The third-order valence-corrected chi connectivity index (χ3v) is 2.64. The predicted octanol–water partition coefficient (Wildman–Crippen LogP) is -0.247. The summed E-state index contributed by atoms with van der Waals surface area (Å²) in [7, 11) is 0. The van der Waals surface area contributed by atoms with E-state index >= 15 is 0 Å². The first-order chi connectivity index (χ1) is 7.45. The van der Waals surface area contributed by atoms with Crippen LogP contribution in [-0.2, 0) is 9.59 Å². The van der Waals surface area contributed by atoms with E-state index < -0.39 is 30.1 Å². The summed E-state index contributed by atoms with van der Waals surface area (Å²) in [6.07, 6.45) is 1.43. The van der Waals surface area contributed by atoms with Gasteiger partial charge < -0.3 is 15.3 Å². The standard InChI is InChI=1S/C9H7NO6/c11-7(12)5-3-1-2-4(6(5)8(13)14)10(3)9(15)16/h1-4H,(H,11,12)(H,13,14)(H,15,16). The molecule has 2 bridgehead atoms. The van der Waals surface area contributed by atoms with Gasteiger partial charge in [-0.25, -0.2) is 14.4 Å². The summed E-state index contributed by atoms with van der Waals surface area (Å²) in [6.45, 7) is 0. The number of nitrogens with zero attached hydrogens (tertiary/aromatic N) is 1. The molecule has 1 amide bonds. The van der Waals surface area contributed by atoms with Crippen LogP contribution in [-0.4, -0.2) is 50.3 Å². The highest BCUT2D eigenvalue weighted by Gasteiger charge is 2.50. The summed E-state index contributed by atoms with van der Waals surface area (Å²) in [6, 6.07) is -1.99. The van der Waals surface area contributed by atoms with E-state index in [0.29, 0.717) is 0 Å². The van der Waals surface area contributed by atoms with Crippen LogP contribution in [0.3, 0.4) is 0 Å². The zero-order valence-corrected chi connectivity index (χ0v) is 7.82. The average Bonchev–Trinajstić information content (AvgIpc) is 2.70. The van der Waals surface area contributed by atoms with Crippen molar-refractivity contribution in [3.63, 3.8) is 0 Å². The molecule has 2 atom stereocenters. The van der Waals surface area contributed by atoms with Gasteiger partial charge in [-0.2, -0.15) is 0 Å². The van der Waals surface area contributed by atoms with E-state index in [4.69, 9.17) is 15.3 Å². The fourth-order valence-electron chi connectivity index (χ4n) is 2.08. The van der Waals surface area contributed by atoms with Crippen molar-refractivity contribution in [1.82, 2.24) is 4.90 Å². The number of amides is 1. The molecular weight excluding hydrogens is 218 g/mol. The van der Waals surface area contributed by atoms with E-state index in [1.54, 1.807) is 0 Å². The van der Waals surface area contributed by atoms with Gasteiger partial charge in [-0.3, -0.25) is 4.90 Å². The lowest BCUT2D eigenvalue weighted by molar-refractivity contribution is -0.135. The number of fused-ring (bicyclic) bond motifs is 2. The minimum absolute atomic E-state index is 0.373. The molecule has 84 valence electrons. The summed E-state index contributed by atoms with van der Waals surface area (Å²) < 4.78 is 0. The average molecular weight is 225 g/mol. The van der Waals surface area contributed by atoms with Crippen LogP contribution in [0.5, 0.6) is 0 Å². The van der Waals surface area contributed by atoms with Crippen LogP contribution in [0.2, 0.25) is 0 Å². The van der Waals surface area contributed by atoms with E-state index in [-0.39, 0.29) is 11.1 Å². The van der Waals surface area contributed by atoms with E-state index in [2.05, 4.69) is 0 Å². The molecule has 0 aliphatic carbocycles. The lowest BCUT2D eigenvalue weighted by atomic mass is 9.97. The number of carboxylic acids is 2. The van der Waals surface area contributed by atoms with Gasteiger partial charge in [-0.1, -0.05) is 12.2 Å². The molecule has 0 saturated heterocycles. The number of carbonyl (C=O) groups is 3. The van der Waals surface area contributed by atoms with E-state index in [1.165, 1.54) is 12.2 Å². The van der Waals surface area contributed by atoms with Crippen molar-refractivity contribution in [1.29, 1.82) is 0 Å². The summed E-state index contributed by atoms with van der Waals surface area (Å²) in [5, 5.41) is 26.6. The molecule has 2 heterocycles. The molecule has 0 saturated carbocycles. The molecule has 0 aromatic carbocycles. The maximum atomic E-state index is 10.9. The van der Waals surface area contributed by atoms with Gasteiger partial charge >= 0.3 is 18.0 Å². The Hall–Kier alpha value is -2.31. The van der Waals surface area contributed by atoms with Gasteiger partial charge in [0.05, 0.1) is 23.2 Å². The van der Waals surface area contributed by atoms with E-state index in [0.717, 1.165) is 4.90 Å². The highest BCUT2D eigenvalue weighted by molar-refractivity contribution is 6.04. The topological polar surface area (TPSA) is 115 Å². The maximum absolute atomic E-state index is 10.9. The Balaban J connectivity index is 2.51. The third-order valence-electron chi connectivity index (χ3n) is 2.64. The SMILES string of the molecule is O=C(O)C1=C(C(=O)O)C2C=CC1N2C(=O)O. The fraction of sp³-hybridized carbons (Fsp3) is 0.222. The van der Waals surface area contributed by atoms with Gasteiger partial charge in [-0.15, -0.1) is 0 Å². The fourth-order valence-corrected chi connectivity index (χ4v) is 2.08. The minimum atomic E-state index is -1.40. The minimum Gasteiger partial charge on any atom is -0.478 e. The summed E-state index contributed by atoms with van der Waals surface area (Å²) in [5.74, 6) is -2.80. The maximum Gasteiger partial charge on any atom is 0.408 e. The number of carboxylic acid groups (broad SMARTS) is 3. The van der Waals surface area contributed by atoms with Crippen LogP contribution >= 0.6 is 0 Å². The Morgan fingerprint density at radius 3 is 1.56 bits per heavy atom. The first-order valence-corrected chi connectivity index (χ1v) is 4.35. The second kappa shape index (κ2) is 3.09. The Bertz CT molecular complexity index is 429. The van der Waals surface area contributed by atoms with Crippen LogP contribution < -0.4 is 0 Å². The van der Waals surface area contributed by atoms with E-state index in [1.807, 2.05) is 0 Å². The Morgan fingerprint density at radius 1 is 0.938 bits per heavy atom. The normalized spacial score (nSPS) is 26.4. The lowest BCUT2D eigenvalue weighted by Gasteiger charge is -2.19. The Kier molecular flexibility index (Phi) is 1.97. The Morgan fingerprint density at radius 2 is 1.31 bits per heavy atom. The molecule has 2 aliphatic heterocycles. The van der Waals surface area contributed by atoms with E-state index in [9.17, 15) is 14.4 Å². The molecule has 0 aromatic heterocycles. The molecule has 2 unspecified atom stereocenters. The van der Waals surface area contributed by atoms with Crippen LogP contribution in [0, 0.1) is 0 Å². The van der Waals surface area contributed by atoms with Crippen molar-refractivity contribution in [3.8, 4) is 0 Å². The first-order valence-electron chi connectivity index (χ1n) is 4.35. The molecule has 7 heteroatoms. The summed E-state index contributed by atoms with van der Waals surface area (Å²) >= 11 is 0. The zero-order chi connectivity index (χ0) is 12.0. The van der Waals surface area contributed by atoms with Crippen molar-refractivity contribution >= 4 is 18.0 Å². The number of aliphatic carboxylic acids is 2. The van der Waals surface area contributed by atoms with Gasteiger partial charge in [-0.05, 0) is 0 Å². The van der Waals surface area contributed by atoms with Crippen molar-refractivity contribution < 1.29 is 29.7 Å². The van der Waals surface area contributed by atoms with Crippen LogP contribution in [0.25, 0.3) is 0 Å². The lowest BCUT2D eigenvalue weighted by Crippen LogP contribution is -2.37. The zero-order valence-electron chi connectivity index (χ0n) is 7.82. The molecule has 0 aromatic rings. The molecule has 0 radical (unpaired) electrons. The predicted molar refractivity (Wildman–Crippen MR) is 48.9 cm³/mol. The quantitative estimate of drug-likeness (QED) is 0.558. The second-order valence-corrected chi connectivity index (χ2v) is 3.40. The molecule has 0 fully saturated rings. The molecule has 7 nitrogen and oxygen atoms in total. The second-order valence-electron chi connectivity index (χ2n) is 3.40. The largest absolute Gasteiger partial charge is 0.478 e. The molecule has 16 heavy (non-hydrogen) atoms. The Labute approximate surface area is 88.9 Å². The molecule has 0 spiro atoms. The summed E-state index contributed by atoms with van der Waals surface area (Å²) in [5.41, 5.74) is -0.746. The van der Waals surface area contributed by atoms with Gasteiger partial charge in [0.25, 0.3) is 0 Å². The van der Waals surface area contributed by atoms with Crippen LogP contribution in [0.1, 0.15) is 0 Å². The van der Waals surface area contributed by atoms with Crippen molar-refractivity contribution in [3.05, 3.63) is 23.3 Å². The number of rotatable bonds is 2. The molecule has 2 rings (SSSR count). The van der Waals surface area contributed by atoms with Gasteiger partial charge in [0.15, 0.2) is 0 Å². The van der Waals surface area contributed by atoms with Crippen LogP contribution in [0.15, 0.2) is 23.3 Å². The monoisotopic (exact) mass is 225 g/mol. The first kappa shape index (κ1) is 10.2. The molecular formula is C9H7NO6. The van der Waals surface area contributed by atoms with Gasteiger partial charge in [0.2, 0.25) is 0 Å². The van der Waals surface area contributed by atoms with Crippen LogP contribution in [0.4, 0.5) is 4.79 Å². The third kappa shape index (κ3) is 1.11. The van der Waals surface area contributed by atoms with Crippen molar-refractivity contribution in [2.75, 3.05) is 0 Å². The highest BCUT2D eigenvalue weighted by atomic mass is 16.4. The highest BCUT2D eigenvalue weighted by Crippen LogP contribution is 2.37. The smallest absolute Gasteiger partial charge is 0.408 e. The van der Waals surface area contributed by atoms with Gasteiger partial charge in [0.1, 0.15) is 0 Å².